The minimum Gasteiger partial charge on any atom is -0.381 e. The lowest BCUT2D eigenvalue weighted by molar-refractivity contribution is -0.132. The molecular weight excluding hydrogens is 242 g/mol. The number of hydrogen-bond acceptors (Lipinski definition) is 4. The highest BCUT2D eigenvalue weighted by atomic mass is 16.5. The van der Waals surface area contributed by atoms with Gasteiger partial charge in [0, 0.05) is 32.2 Å². The fourth-order valence-corrected chi connectivity index (χ4v) is 2.15. The lowest BCUT2D eigenvalue weighted by Gasteiger charge is -2.29. The maximum absolute atomic E-state index is 12.1. The molecule has 0 aliphatic carbocycles. The van der Waals surface area contributed by atoms with Gasteiger partial charge in [0.25, 0.3) is 0 Å². The average Bonchev–Trinajstić information content (AvgIpc) is 2.49. The minimum absolute atomic E-state index is 0.174. The standard InChI is InChI=1S/C14H17N3O2/c15-11-14(4-9-19-10-5-14)13(18)17-8-3-12-1-6-16-7-2-12/h1-2,6-7H,3-5,8-10H2,(H,17,18). The molecule has 2 heterocycles. The summed E-state index contributed by atoms with van der Waals surface area (Å²) in [7, 11) is 0. The van der Waals surface area contributed by atoms with E-state index in [-0.39, 0.29) is 5.91 Å². The first-order chi connectivity index (χ1) is 9.27. The normalized spacial score (nSPS) is 17.4. The molecule has 5 nitrogen and oxygen atoms in total. The third-order valence-corrected chi connectivity index (χ3v) is 3.44. The Morgan fingerprint density at radius 3 is 2.74 bits per heavy atom. The molecule has 5 heteroatoms. The largest absolute Gasteiger partial charge is 0.381 e. The number of pyridine rings is 1. The molecule has 1 N–H and O–H groups in total. The van der Waals surface area contributed by atoms with Crippen LogP contribution >= 0.6 is 0 Å². The number of rotatable bonds is 4. The van der Waals surface area contributed by atoms with E-state index in [1.54, 1.807) is 12.4 Å². The molecule has 0 saturated carbocycles. The Hall–Kier alpha value is -1.93. The first-order valence-electron chi connectivity index (χ1n) is 6.43. The van der Waals surface area contributed by atoms with Crippen molar-refractivity contribution in [3.05, 3.63) is 30.1 Å². The maximum atomic E-state index is 12.1. The molecule has 1 aromatic heterocycles. The van der Waals surface area contributed by atoms with E-state index < -0.39 is 5.41 Å². The molecule has 0 bridgehead atoms. The maximum Gasteiger partial charge on any atom is 0.240 e. The van der Waals surface area contributed by atoms with E-state index in [0.717, 1.165) is 12.0 Å². The highest BCUT2D eigenvalue weighted by molar-refractivity contribution is 5.85. The van der Waals surface area contributed by atoms with Gasteiger partial charge in [0.1, 0.15) is 5.41 Å². The lowest BCUT2D eigenvalue weighted by Crippen LogP contribution is -2.44. The molecule has 1 aromatic rings. The fourth-order valence-electron chi connectivity index (χ4n) is 2.15. The van der Waals surface area contributed by atoms with Gasteiger partial charge in [-0.3, -0.25) is 9.78 Å². The quantitative estimate of drug-likeness (QED) is 0.877. The van der Waals surface area contributed by atoms with Crippen molar-refractivity contribution < 1.29 is 9.53 Å². The Morgan fingerprint density at radius 2 is 2.11 bits per heavy atom. The van der Waals surface area contributed by atoms with Crippen LogP contribution < -0.4 is 5.32 Å². The number of nitrogens with one attached hydrogen (secondary N) is 1. The predicted octanol–water partition coefficient (Wildman–Crippen LogP) is 1.06. The minimum atomic E-state index is -0.906. The van der Waals surface area contributed by atoms with E-state index in [1.165, 1.54) is 0 Å². The molecule has 0 spiro atoms. The smallest absolute Gasteiger partial charge is 0.240 e. The lowest BCUT2D eigenvalue weighted by atomic mass is 9.81. The molecule has 1 aliphatic rings. The number of carbonyl (C=O) groups is 1. The van der Waals surface area contributed by atoms with Crippen LogP contribution in [0.2, 0.25) is 0 Å². The molecule has 0 unspecified atom stereocenters. The van der Waals surface area contributed by atoms with E-state index >= 15 is 0 Å². The van der Waals surface area contributed by atoms with Gasteiger partial charge in [-0.15, -0.1) is 0 Å². The van der Waals surface area contributed by atoms with Crippen LogP contribution in [0.3, 0.4) is 0 Å². The molecule has 100 valence electrons. The van der Waals surface area contributed by atoms with Gasteiger partial charge >= 0.3 is 0 Å². The summed E-state index contributed by atoms with van der Waals surface area (Å²) in [6, 6.07) is 6.00. The summed E-state index contributed by atoms with van der Waals surface area (Å²) < 4.78 is 5.21. The fraction of sp³-hybridized carbons (Fsp3) is 0.500. The monoisotopic (exact) mass is 259 g/mol. The molecule has 0 atom stereocenters. The number of nitrogens with zero attached hydrogens (tertiary/aromatic N) is 2. The third kappa shape index (κ3) is 3.30. The summed E-state index contributed by atoms with van der Waals surface area (Å²) >= 11 is 0. The van der Waals surface area contributed by atoms with Crippen LogP contribution in [0.1, 0.15) is 18.4 Å². The van der Waals surface area contributed by atoms with Crippen LogP contribution in [0, 0.1) is 16.7 Å². The summed E-state index contributed by atoms with van der Waals surface area (Å²) in [6.07, 6.45) is 5.15. The van der Waals surface area contributed by atoms with Crippen molar-refractivity contribution in [1.82, 2.24) is 10.3 Å². The summed E-state index contributed by atoms with van der Waals surface area (Å²) in [5, 5.41) is 12.1. The summed E-state index contributed by atoms with van der Waals surface area (Å²) in [5.74, 6) is -0.174. The number of nitriles is 1. The van der Waals surface area contributed by atoms with Gasteiger partial charge in [-0.05, 0) is 37.0 Å². The van der Waals surface area contributed by atoms with Gasteiger partial charge in [-0.25, -0.2) is 0 Å². The highest BCUT2D eigenvalue weighted by Gasteiger charge is 2.40. The number of ether oxygens (including phenoxy) is 1. The van der Waals surface area contributed by atoms with Crippen molar-refractivity contribution in [3.63, 3.8) is 0 Å². The zero-order valence-corrected chi connectivity index (χ0v) is 10.8. The van der Waals surface area contributed by atoms with Crippen LogP contribution in [0.4, 0.5) is 0 Å². The van der Waals surface area contributed by atoms with Crippen molar-refractivity contribution in [2.45, 2.75) is 19.3 Å². The topological polar surface area (TPSA) is 75.0 Å². The van der Waals surface area contributed by atoms with Crippen molar-refractivity contribution in [2.75, 3.05) is 19.8 Å². The second-order valence-corrected chi connectivity index (χ2v) is 4.67. The Labute approximate surface area is 112 Å². The van der Waals surface area contributed by atoms with Crippen molar-refractivity contribution in [2.24, 2.45) is 5.41 Å². The highest BCUT2D eigenvalue weighted by Crippen LogP contribution is 2.29. The van der Waals surface area contributed by atoms with Crippen molar-refractivity contribution in [3.8, 4) is 6.07 Å². The molecule has 0 radical (unpaired) electrons. The number of carbonyl (C=O) groups excluding carboxylic acids is 1. The molecule has 2 rings (SSSR count). The van der Waals surface area contributed by atoms with Gasteiger partial charge in [-0.1, -0.05) is 0 Å². The van der Waals surface area contributed by atoms with Gasteiger partial charge in [0.15, 0.2) is 0 Å². The van der Waals surface area contributed by atoms with Gasteiger partial charge in [-0.2, -0.15) is 5.26 Å². The molecule has 1 amide bonds. The average molecular weight is 259 g/mol. The molecule has 19 heavy (non-hydrogen) atoms. The van der Waals surface area contributed by atoms with Crippen LogP contribution in [-0.4, -0.2) is 30.6 Å². The van der Waals surface area contributed by atoms with Crippen LogP contribution in [0.25, 0.3) is 0 Å². The Bertz CT molecular complexity index is 461. The summed E-state index contributed by atoms with van der Waals surface area (Å²) in [6.45, 7) is 1.49. The third-order valence-electron chi connectivity index (χ3n) is 3.44. The Morgan fingerprint density at radius 1 is 1.42 bits per heavy atom. The van der Waals surface area contributed by atoms with E-state index in [1.807, 2.05) is 12.1 Å². The van der Waals surface area contributed by atoms with Crippen molar-refractivity contribution >= 4 is 5.91 Å². The number of aromatic nitrogens is 1. The first kappa shape index (κ1) is 13.5. The summed E-state index contributed by atoms with van der Waals surface area (Å²) in [4.78, 5) is 16.1. The van der Waals surface area contributed by atoms with Crippen molar-refractivity contribution in [1.29, 1.82) is 5.26 Å². The Kier molecular flexibility index (Phi) is 4.48. The predicted molar refractivity (Wildman–Crippen MR) is 69.0 cm³/mol. The van der Waals surface area contributed by atoms with E-state index in [0.29, 0.717) is 32.6 Å². The van der Waals surface area contributed by atoms with Gasteiger partial charge in [0.05, 0.1) is 6.07 Å². The van der Waals surface area contributed by atoms with Crippen LogP contribution in [0.15, 0.2) is 24.5 Å². The first-order valence-corrected chi connectivity index (χ1v) is 6.43. The zero-order valence-electron chi connectivity index (χ0n) is 10.8. The second-order valence-electron chi connectivity index (χ2n) is 4.67. The molecule has 1 fully saturated rings. The van der Waals surface area contributed by atoms with Crippen LogP contribution in [0.5, 0.6) is 0 Å². The Balaban J connectivity index is 1.85. The number of hydrogen-bond donors (Lipinski definition) is 1. The van der Waals surface area contributed by atoms with E-state index in [2.05, 4.69) is 16.4 Å². The van der Waals surface area contributed by atoms with Crippen LogP contribution in [-0.2, 0) is 16.0 Å². The SMILES string of the molecule is N#CC1(C(=O)NCCc2ccncc2)CCOCC1. The second kappa shape index (κ2) is 6.30. The molecule has 0 aromatic carbocycles. The van der Waals surface area contributed by atoms with Gasteiger partial charge < -0.3 is 10.1 Å². The molecule has 1 saturated heterocycles. The van der Waals surface area contributed by atoms with Gasteiger partial charge in [0.2, 0.25) is 5.91 Å². The molecule has 1 aliphatic heterocycles. The van der Waals surface area contributed by atoms with E-state index in [4.69, 9.17) is 4.74 Å². The number of amides is 1. The zero-order chi connectivity index (χ0) is 13.6. The van der Waals surface area contributed by atoms with E-state index in [9.17, 15) is 10.1 Å². The molecular formula is C14H17N3O2. The summed E-state index contributed by atoms with van der Waals surface area (Å²) in [5.41, 5.74) is 0.213.